The molecule has 0 bridgehead atoms. The Labute approximate surface area is 206 Å². The first-order valence-electron chi connectivity index (χ1n) is 11.3. The molecule has 2 saturated heterocycles. The molecule has 2 aliphatic rings. The molecule has 0 saturated carbocycles. The third kappa shape index (κ3) is 6.15. The Hall–Kier alpha value is -2.91. The van der Waals surface area contributed by atoms with Gasteiger partial charge in [0.2, 0.25) is 5.91 Å². The minimum Gasteiger partial charge on any atom is -0.490 e. The fourth-order valence-corrected chi connectivity index (χ4v) is 4.48. The van der Waals surface area contributed by atoms with Crippen molar-refractivity contribution in [2.75, 3.05) is 26.3 Å². The van der Waals surface area contributed by atoms with Gasteiger partial charge in [-0.3, -0.25) is 14.4 Å². The van der Waals surface area contributed by atoms with Crippen LogP contribution >= 0.6 is 15.9 Å². The van der Waals surface area contributed by atoms with E-state index in [2.05, 4.69) is 21.2 Å². The predicted molar refractivity (Wildman–Crippen MR) is 127 cm³/mol. The summed E-state index contributed by atoms with van der Waals surface area (Å²) in [5.74, 6) is -0.624. The summed E-state index contributed by atoms with van der Waals surface area (Å²) < 4.78 is 17.4. The number of piperazine rings is 1. The Kier molecular flexibility index (Phi) is 8.18. The molecule has 180 valence electrons. The third-order valence-corrected chi connectivity index (χ3v) is 6.44. The number of rotatable bonds is 8. The summed E-state index contributed by atoms with van der Waals surface area (Å²) in [6, 6.07) is 13.4. The number of carbonyl (C=O) groups excluding carboxylic acids is 3. The lowest BCUT2D eigenvalue weighted by atomic mass is 10.1. The highest BCUT2D eigenvalue weighted by molar-refractivity contribution is 9.10. The lowest BCUT2D eigenvalue weighted by molar-refractivity contribution is -0.148. The molecular weight excluding hydrogens is 504 g/mol. The molecule has 8 nitrogen and oxygen atoms in total. The molecule has 2 aliphatic heterocycles. The second-order valence-electron chi connectivity index (χ2n) is 8.25. The van der Waals surface area contributed by atoms with Crippen LogP contribution in [0, 0.1) is 0 Å². The van der Waals surface area contributed by atoms with Crippen LogP contribution in [0.3, 0.4) is 0 Å². The van der Waals surface area contributed by atoms with Gasteiger partial charge in [0.25, 0.3) is 5.91 Å². The summed E-state index contributed by atoms with van der Waals surface area (Å²) >= 11 is 3.47. The molecule has 2 atom stereocenters. The zero-order chi connectivity index (χ0) is 23.9. The average Bonchev–Trinajstić information content (AvgIpc) is 3.37. The number of esters is 1. The van der Waals surface area contributed by atoms with Gasteiger partial charge in [0, 0.05) is 25.3 Å². The summed E-state index contributed by atoms with van der Waals surface area (Å²) in [4.78, 5) is 39.7. The van der Waals surface area contributed by atoms with Crippen molar-refractivity contribution in [3.05, 3.63) is 64.1 Å². The van der Waals surface area contributed by atoms with Crippen LogP contribution in [-0.2, 0) is 25.7 Å². The Morgan fingerprint density at radius 1 is 1.18 bits per heavy atom. The second kappa shape index (κ2) is 11.5. The lowest BCUT2D eigenvalue weighted by Crippen LogP contribution is -2.57. The van der Waals surface area contributed by atoms with Crippen LogP contribution < -0.4 is 10.1 Å². The second-order valence-corrected chi connectivity index (χ2v) is 9.10. The summed E-state index contributed by atoms with van der Waals surface area (Å²) in [7, 11) is 0. The monoisotopic (exact) mass is 530 g/mol. The van der Waals surface area contributed by atoms with Gasteiger partial charge in [0.15, 0.2) is 0 Å². The highest BCUT2D eigenvalue weighted by Gasteiger charge is 2.35. The molecule has 0 aromatic heterocycles. The van der Waals surface area contributed by atoms with Gasteiger partial charge in [0.05, 0.1) is 17.0 Å². The predicted octanol–water partition coefficient (Wildman–Crippen LogP) is 3.08. The fourth-order valence-electron chi connectivity index (χ4n) is 3.99. The number of hydrogen-bond donors (Lipinski definition) is 1. The van der Waals surface area contributed by atoms with E-state index in [4.69, 9.17) is 14.2 Å². The molecule has 2 aromatic carbocycles. The Morgan fingerprint density at radius 2 is 2.00 bits per heavy atom. The summed E-state index contributed by atoms with van der Waals surface area (Å²) in [6.45, 7) is 1.95. The smallest absolute Gasteiger partial charge is 0.308 e. The third-order valence-electron chi connectivity index (χ3n) is 5.82. The van der Waals surface area contributed by atoms with E-state index in [0.29, 0.717) is 35.5 Å². The Morgan fingerprint density at radius 3 is 2.74 bits per heavy atom. The quantitative estimate of drug-likeness (QED) is 0.527. The summed E-state index contributed by atoms with van der Waals surface area (Å²) in [5, 5.41) is 2.73. The highest BCUT2D eigenvalue weighted by Crippen LogP contribution is 2.28. The van der Waals surface area contributed by atoms with E-state index in [0.717, 1.165) is 25.0 Å². The molecule has 2 heterocycles. The topological polar surface area (TPSA) is 94.2 Å². The van der Waals surface area contributed by atoms with Gasteiger partial charge in [0.1, 0.15) is 25.0 Å². The first-order valence-corrected chi connectivity index (χ1v) is 12.1. The van der Waals surface area contributed by atoms with E-state index in [-0.39, 0.29) is 30.9 Å². The SMILES string of the molecule is O=C(CC1C(=O)NCCN1C(=O)c1ccc(OCC2CCCO2)c(Br)c1)OCc1ccccc1. The van der Waals surface area contributed by atoms with E-state index in [1.165, 1.54) is 4.90 Å². The van der Waals surface area contributed by atoms with Gasteiger partial charge in [-0.1, -0.05) is 30.3 Å². The number of amides is 2. The van der Waals surface area contributed by atoms with Crippen molar-refractivity contribution in [1.29, 1.82) is 0 Å². The first kappa shape index (κ1) is 24.2. The van der Waals surface area contributed by atoms with Crippen molar-refractivity contribution in [3.8, 4) is 5.75 Å². The van der Waals surface area contributed by atoms with Crippen LogP contribution in [0.1, 0.15) is 35.2 Å². The molecular formula is C25H27BrN2O6. The van der Waals surface area contributed by atoms with E-state index < -0.39 is 12.0 Å². The standard InChI is InChI=1S/C25H27BrN2O6/c26-20-13-18(8-9-22(20)33-16-19-7-4-12-32-19)25(31)28-11-10-27-24(30)21(28)14-23(29)34-15-17-5-2-1-3-6-17/h1-3,5-6,8-9,13,19,21H,4,7,10-12,14-16H2,(H,27,30). The molecule has 2 fully saturated rings. The normalized spacial score (nSPS) is 20.0. The molecule has 0 aliphatic carbocycles. The maximum absolute atomic E-state index is 13.3. The summed E-state index contributed by atoms with van der Waals surface area (Å²) in [6.07, 6.45) is 1.88. The highest BCUT2D eigenvalue weighted by atomic mass is 79.9. The first-order chi connectivity index (χ1) is 16.5. The van der Waals surface area contributed by atoms with E-state index in [1.807, 2.05) is 30.3 Å². The molecule has 0 radical (unpaired) electrons. The maximum atomic E-state index is 13.3. The number of ether oxygens (including phenoxy) is 3. The van der Waals surface area contributed by atoms with E-state index in [9.17, 15) is 14.4 Å². The lowest BCUT2D eigenvalue weighted by Gasteiger charge is -2.34. The number of nitrogens with zero attached hydrogens (tertiary/aromatic N) is 1. The maximum Gasteiger partial charge on any atom is 0.308 e. The van der Waals surface area contributed by atoms with Crippen LogP contribution in [-0.4, -0.2) is 61.1 Å². The molecule has 2 aromatic rings. The van der Waals surface area contributed by atoms with Crippen LogP contribution in [0.25, 0.3) is 0 Å². The van der Waals surface area contributed by atoms with Crippen molar-refractivity contribution in [2.45, 2.75) is 38.0 Å². The Balaban J connectivity index is 1.39. The number of halogens is 1. The molecule has 4 rings (SSSR count). The van der Waals surface area contributed by atoms with Crippen molar-refractivity contribution in [3.63, 3.8) is 0 Å². The minimum absolute atomic E-state index is 0.0856. The average molecular weight is 531 g/mol. The van der Waals surface area contributed by atoms with Crippen LogP contribution in [0.15, 0.2) is 53.0 Å². The summed E-state index contributed by atoms with van der Waals surface area (Å²) in [5.41, 5.74) is 1.25. The number of nitrogens with one attached hydrogen (secondary N) is 1. The molecule has 1 N–H and O–H groups in total. The molecule has 2 unspecified atom stereocenters. The van der Waals surface area contributed by atoms with Crippen molar-refractivity contribution < 1.29 is 28.6 Å². The van der Waals surface area contributed by atoms with E-state index in [1.54, 1.807) is 18.2 Å². The van der Waals surface area contributed by atoms with Crippen molar-refractivity contribution in [1.82, 2.24) is 10.2 Å². The zero-order valence-electron chi connectivity index (χ0n) is 18.7. The molecule has 0 spiro atoms. The van der Waals surface area contributed by atoms with Crippen LogP contribution in [0.5, 0.6) is 5.75 Å². The van der Waals surface area contributed by atoms with E-state index >= 15 is 0 Å². The molecule has 9 heteroatoms. The largest absolute Gasteiger partial charge is 0.490 e. The zero-order valence-corrected chi connectivity index (χ0v) is 20.3. The molecule has 34 heavy (non-hydrogen) atoms. The van der Waals surface area contributed by atoms with Crippen LogP contribution in [0.4, 0.5) is 0 Å². The number of carbonyl (C=O) groups is 3. The van der Waals surface area contributed by atoms with Gasteiger partial charge in [-0.05, 0) is 52.5 Å². The van der Waals surface area contributed by atoms with Gasteiger partial charge in [-0.25, -0.2) is 0 Å². The number of hydrogen-bond acceptors (Lipinski definition) is 6. The minimum atomic E-state index is -0.932. The Bertz CT molecular complexity index is 1030. The van der Waals surface area contributed by atoms with Gasteiger partial charge in [-0.2, -0.15) is 0 Å². The molecule has 2 amide bonds. The van der Waals surface area contributed by atoms with Gasteiger partial charge in [-0.15, -0.1) is 0 Å². The van der Waals surface area contributed by atoms with Gasteiger partial charge < -0.3 is 24.4 Å². The van der Waals surface area contributed by atoms with Crippen molar-refractivity contribution in [2.24, 2.45) is 0 Å². The number of benzene rings is 2. The fraction of sp³-hybridized carbons (Fsp3) is 0.400. The van der Waals surface area contributed by atoms with Crippen molar-refractivity contribution >= 4 is 33.7 Å². The van der Waals surface area contributed by atoms with Crippen LogP contribution in [0.2, 0.25) is 0 Å². The van der Waals surface area contributed by atoms with Gasteiger partial charge >= 0.3 is 5.97 Å².